The van der Waals surface area contributed by atoms with Crippen LogP contribution in [0.1, 0.15) is 46.6 Å². The van der Waals surface area contributed by atoms with Gasteiger partial charge >= 0.3 is 0 Å². The van der Waals surface area contributed by atoms with Crippen LogP contribution in [0.15, 0.2) is 18.2 Å². The number of benzene rings is 1. The van der Waals surface area contributed by atoms with Crippen LogP contribution in [-0.2, 0) is 12.8 Å². The van der Waals surface area contributed by atoms with Gasteiger partial charge in [-0.25, -0.2) is 0 Å². The van der Waals surface area contributed by atoms with Crippen molar-refractivity contribution in [2.24, 2.45) is 5.92 Å². The van der Waals surface area contributed by atoms with E-state index in [2.05, 4.69) is 18.3 Å². The average molecular weight is 375 g/mol. The van der Waals surface area contributed by atoms with Gasteiger partial charge in [0.2, 0.25) is 0 Å². The van der Waals surface area contributed by atoms with Crippen LogP contribution in [-0.4, -0.2) is 12.5 Å². The van der Waals surface area contributed by atoms with E-state index < -0.39 is 0 Å². The van der Waals surface area contributed by atoms with E-state index in [0.717, 1.165) is 24.8 Å². The fraction of sp³-hybridized carbons (Fsp3) is 0.368. The highest BCUT2D eigenvalue weighted by atomic mass is 35.5. The van der Waals surface area contributed by atoms with Gasteiger partial charge in [0.1, 0.15) is 16.8 Å². The topological polar surface area (TPSA) is 62.1 Å². The van der Waals surface area contributed by atoms with Crippen molar-refractivity contribution in [2.45, 2.75) is 33.1 Å². The second-order valence-corrected chi connectivity index (χ2v) is 7.71. The number of thiophene rings is 1. The number of hydrogen-bond acceptors (Lipinski definition) is 4. The van der Waals surface area contributed by atoms with Gasteiger partial charge in [0.15, 0.2) is 0 Å². The standard InChI is InChI=1S/C19H19ClN2O2S/c1-3-24-16-7-5-12(9-15(16)20)18(23)22-19-14(10-21)13-6-4-11(2)8-17(13)25-19/h5,7,9,11H,3-4,6,8H2,1-2H3,(H,22,23)/t11-/m0/s1. The molecule has 4 nitrogen and oxygen atoms in total. The predicted octanol–water partition coefficient (Wildman–Crippen LogP) is 5.05. The lowest BCUT2D eigenvalue weighted by molar-refractivity contribution is 0.102. The molecule has 0 bridgehead atoms. The first-order valence-corrected chi connectivity index (χ1v) is 9.51. The summed E-state index contributed by atoms with van der Waals surface area (Å²) in [6, 6.07) is 7.21. The first-order chi connectivity index (χ1) is 12.0. The maximum Gasteiger partial charge on any atom is 0.256 e. The van der Waals surface area contributed by atoms with Crippen LogP contribution >= 0.6 is 22.9 Å². The van der Waals surface area contributed by atoms with Crippen molar-refractivity contribution in [1.29, 1.82) is 5.26 Å². The molecule has 3 rings (SSSR count). The van der Waals surface area contributed by atoms with E-state index in [-0.39, 0.29) is 5.91 Å². The summed E-state index contributed by atoms with van der Waals surface area (Å²) in [5, 5.41) is 13.4. The van der Waals surface area contributed by atoms with E-state index in [1.807, 2.05) is 6.92 Å². The van der Waals surface area contributed by atoms with Crippen LogP contribution in [0, 0.1) is 17.2 Å². The SMILES string of the molecule is CCOc1ccc(C(=O)Nc2sc3c(c2C#N)CC[C@H](C)C3)cc1Cl. The smallest absolute Gasteiger partial charge is 0.256 e. The number of carbonyl (C=O) groups is 1. The average Bonchev–Trinajstić information content (AvgIpc) is 2.92. The monoisotopic (exact) mass is 374 g/mol. The zero-order valence-electron chi connectivity index (χ0n) is 14.2. The van der Waals surface area contributed by atoms with E-state index in [1.54, 1.807) is 18.2 Å². The summed E-state index contributed by atoms with van der Waals surface area (Å²) in [6.07, 6.45) is 2.96. The lowest BCUT2D eigenvalue weighted by Gasteiger charge is -2.17. The van der Waals surface area contributed by atoms with Gasteiger partial charge in [-0.1, -0.05) is 18.5 Å². The van der Waals surface area contributed by atoms with Gasteiger partial charge in [-0.05, 0) is 55.9 Å². The van der Waals surface area contributed by atoms with Crippen molar-refractivity contribution in [1.82, 2.24) is 0 Å². The zero-order valence-corrected chi connectivity index (χ0v) is 15.8. The van der Waals surface area contributed by atoms with Crippen molar-refractivity contribution in [3.8, 4) is 11.8 Å². The minimum atomic E-state index is -0.270. The molecule has 1 aromatic heterocycles. The summed E-state index contributed by atoms with van der Waals surface area (Å²) >= 11 is 7.67. The zero-order chi connectivity index (χ0) is 18.0. The minimum absolute atomic E-state index is 0.270. The Morgan fingerprint density at radius 3 is 3.00 bits per heavy atom. The summed E-state index contributed by atoms with van der Waals surface area (Å²) in [6.45, 7) is 4.60. The molecule has 130 valence electrons. The number of carbonyl (C=O) groups excluding carboxylic acids is 1. The van der Waals surface area contributed by atoms with Crippen molar-refractivity contribution in [2.75, 3.05) is 11.9 Å². The molecular weight excluding hydrogens is 356 g/mol. The molecule has 2 aromatic rings. The second-order valence-electron chi connectivity index (χ2n) is 6.20. The number of hydrogen-bond donors (Lipinski definition) is 1. The summed E-state index contributed by atoms with van der Waals surface area (Å²) in [5.41, 5.74) is 2.15. The van der Waals surface area contributed by atoms with E-state index in [9.17, 15) is 10.1 Å². The molecule has 25 heavy (non-hydrogen) atoms. The lowest BCUT2D eigenvalue weighted by atomic mass is 9.88. The molecular formula is C19H19ClN2O2S. The highest BCUT2D eigenvalue weighted by Gasteiger charge is 2.25. The van der Waals surface area contributed by atoms with Crippen LogP contribution in [0.25, 0.3) is 0 Å². The fourth-order valence-electron chi connectivity index (χ4n) is 3.05. The first kappa shape index (κ1) is 17.8. The number of nitrogens with one attached hydrogen (secondary N) is 1. The molecule has 0 unspecified atom stereocenters. The number of anilines is 1. The molecule has 1 aromatic carbocycles. The van der Waals surface area contributed by atoms with E-state index in [4.69, 9.17) is 16.3 Å². The molecule has 1 aliphatic rings. The van der Waals surface area contributed by atoms with Gasteiger partial charge in [0.05, 0.1) is 17.2 Å². The molecule has 0 fully saturated rings. The molecule has 6 heteroatoms. The maximum atomic E-state index is 12.6. The van der Waals surface area contributed by atoms with Crippen molar-refractivity contribution in [3.63, 3.8) is 0 Å². The number of ether oxygens (including phenoxy) is 1. The minimum Gasteiger partial charge on any atom is -0.492 e. The molecule has 0 saturated carbocycles. The largest absolute Gasteiger partial charge is 0.492 e. The Morgan fingerprint density at radius 1 is 1.52 bits per heavy atom. The molecule has 1 amide bonds. The van der Waals surface area contributed by atoms with Gasteiger partial charge < -0.3 is 10.1 Å². The molecule has 1 N–H and O–H groups in total. The third-order valence-corrected chi connectivity index (χ3v) is 5.81. The van der Waals surface area contributed by atoms with Crippen molar-refractivity contribution in [3.05, 3.63) is 44.8 Å². The molecule has 0 saturated heterocycles. The quantitative estimate of drug-likeness (QED) is 0.814. The third-order valence-electron chi connectivity index (χ3n) is 4.34. The van der Waals surface area contributed by atoms with Crippen LogP contribution < -0.4 is 10.1 Å². The third kappa shape index (κ3) is 3.65. The highest BCUT2D eigenvalue weighted by Crippen LogP contribution is 2.39. The Bertz CT molecular complexity index is 854. The Balaban J connectivity index is 1.84. The lowest BCUT2D eigenvalue weighted by Crippen LogP contribution is -2.12. The Morgan fingerprint density at radius 2 is 2.32 bits per heavy atom. The number of rotatable bonds is 4. The number of fused-ring (bicyclic) bond motifs is 1. The fourth-order valence-corrected chi connectivity index (χ4v) is 4.64. The molecule has 1 atom stereocenters. The molecule has 0 radical (unpaired) electrons. The molecule has 0 aliphatic heterocycles. The van der Waals surface area contributed by atoms with Crippen LogP contribution in [0.3, 0.4) is 0 Å². The Labute approximate surface area is 156 Å². The van der Waals surface area contributed by atoms with Gasteiger partial charge in [0, 0.05) is 10.4 Å². The molecule has 1 aliphatic carbocycles. The van der Waals surface area contributed by atoms with Crippen LogP contribution in [0.5, 0.6) is 5.75 Å². The van der Waals surface area contributed by atoms with Gasteiger partial charge in [-0.3, -0.25) is 4.79 Å². The summed E-state index contributed by atoms with van der Waals surface area (Å²) < 4.78 is 5.39. The summed E-state index contributed by atoms with van der Waals surface area (Å²) in [4.78, 5) is 13.8. The van der Waals surface area contributed by atoms with E-state index >= 15 is 0 Å². The predicted molar refractivity (Wildman–Crippen MR) is 101 cm³/mol. The van der Waals surface area contributed by atoms with E-state index in [1.165, 1.54) is 16.2 Å². The van der Waals surface area contributed by atoms with Gasteiger partial charge in [-0.2, -0.15) is 5.26 Å². The molecule has 0 spiro atoms. The first-order valence-electron chi connectivity index (χ1n) is 8.31. The normalized spacial score (nSPS) is 16.0. The van der Waals surface area contributed by atoms with Gasteiger partial charge in [-0.15, -0.1) is 11.3 Å². The molecule has 1 heterocycles. The number of nitrogens with zero attached hydrogens (tertiary/aromatic N) is 1. The summed E-state index contributed by atoms with van der Waals surface area (Å²) in [5.74, 6) is 0.901. The second kappa shape index (κ2) is 7.47. The number of halogens is 1. The number of amides is 1. The Kier molecular flexibility index (Phi) is 5.31. The van der Waals surface area contributed by atoms with Crippen molar-refractivity contribution >= 4 is 33.8 Å². The Hall–Kier alpha value is -2.03. The number of nitriles is 1. The van der Waals surface area contributed by atoms with Crippen molar-refractivity contribution < 1.29 is 9.53 Å². The van der Waals surface area contributed by atoms with Gasteiger partial charge in [0.25, 0.3) is 5.91 Å². The van der Waals surface area contributed by atoms with Crippen LogP contribution in [0.4, 0.5) is 5.00 Å². The summed E-state index contributed by atoms with van der Waals surface area (Å²) in [7, 11) is 0. The van der Waals surface area contributed by atoms with E-state index in [0.29, 0.717) is 39.4 Å². The maximum absolute atomic E-state index is 12.6. The highest BCUT2D eigenvalue weighted by molar-refractivity contribution is 7.16. The van der Waals surface area contributed by atoms with Crippen LogP contribution in [0.2, 0.25) is 5.02 Å².